The summed E-state index contributed by atoms with van der Waals surface area (Å²) in [5.41, 5.74) is 7.75. The van der Waals surface area contributed by atoms with Gasteiger partial charge in [-0.1, -0.05) is 39.0 Å². The van der Waals surface area contributed by atoms with Crippen LogP contribution in [-0.2, 0) is 0 Å². The Hall–Kier alpha value is -3.16. The number of nitrogen functional groups attached to an aromatic ring is 1. The standard InChI is InChI=1S/C15H21N3O.C9H7NO.C3H8O.C2H6/c16-14-5-3-13(4-6-14)15(19)18-9-7-17(8-10-18)11-12-1-2-12;11-8-5-1-3-7-4-2-6-10-9(7)8;1-2-3-4;1-2/h3-6,12H,1-2,7-11,16H2;1-6,11H;4H,2-3H2,1H3;1-2H3. The van der Waals surface area contributed by atoms with Gasteiger partial charge in [-0.15, -0.1) is 0 Å². The van der Waals surface area contributed by atoms with Crippen LogP contribution in [-0.4, -0.2) is 70.2 Å². The molecule has 1 aliphatic carbocycles. The smallest absolute Gasteiger partial charge is 0.253 e. The van der Waals surface area contributed by atoms with E-state index in [0.29, 0.717) is 17.8 Å². The molecule has 7 heteroatoms. The van der Waals surface area contributed by atoms with Gasteiger partial charge in [0, 0.05) is 62.2 Å². The Kier molecular flexibility index (Phi) is 12.7. The molecule has 36 heavy (non-hydrogen) atoms. The highest BCUT2D eigenvalue weighted by molar-refractivity contribution is 5.94. The number of carbonyl (C=O) groups is 1. The maximum Gasteiger partial charge on any atom is 0.253 e. The van der Waals surface area contributed by atoms with E-state index in [1.54, 1.807) is 30.5 Å². The number of aromatic nitrogens is 1. The molecule has 0 spiro atoms. The van der Waals surface area contributed by atoms with E-state index >= 15 is 0 Å². The summed E-state index contributed by atoms with van der Waals surface area (Å²) >= 11 is 0. The topological polar surface area (TPSA) is 103 Å². The third-order valence-electron chi connectivity index (χ3n) is 5.87. The van der Waals surface area contributed by atoms with Crippen molar-refractivity contribution in [2.24, 2.45) is 5.92 Å². The molecule has 1 aromatic heterocycles. The second-order valence-electron chi connectivity index (χ2n) is 8.73. The molecular formula is C29H42N4O3. The Balaban J connectivity index is 0.000000227. The van der Waals surface area contributed by atoms with Crippen LogP contribution in [0.1, 0.15) is 50.4 Å². The van der Waals surface area contributed by atoms with Crippen molar-refractivity contribution >= 4 is 22.5 Å². The third-order valence-corrected chi connectivity index (χ3v) is 5.87. The SMILES string of the molecule is CC.CCCO.Nc1ccc(C(=O)N2CCN(CC3CC3)CC2)cc1.Oc1cccc2cccnc12. The zero-order valence-corrected chi connectivity index (χ0v) is 21.9. The minimum atomic E-state index is 0.131. The van der Waals surface area contributed by atoms with Gasteiger partial charge < -0.3 is 20.8 Å². The van der Waals surface area contributed by atoms with Gasteiger partial charge in [-0.2, -0.15) is 0 Å². The average Bonchev–Trinajstić information content (AvgIpc) is 3.75. The maximum atomic E-state index is 12.3. The first kappa shape index (κ1) is 29.1. The molecule has 4 N–H and O–H groups in total. The molecule has 1 saturated heterocycles. The number of piperazine rings is 1. The number of phenols is 1. The summed E-state index contributed by atoms with van der Waals surface area (Å²) in [7, 11) is 0. The van der Waals surface area contributed by atoms with E-state index in [0.717, 1.165) is 49.5 Å². The third kappa shape index (κ3) is 9.47. The van der Waals surface area contributed by atoms with Crippen LogP contribution < -0.4 is 5.73 Å². The number of carbonyl (C=O) groups excluding carboxylic acids is 1. The lowest BCUT2D eigenvalue weighted by Gasteiger charge is -2.34. The Bertz CT molecular complexity index is 1020. The van der Waals surface area contributed by atoms with E-state index in [-0.39, 0.29) is 11.7 Å². The van der Waals surface area contributed by atoms with Gasteiger partial charge in [0.15, 0.2) is 0 Å². The summed E-state index contributed by atoms with van der Waals surface area (Å²) in [6.45, 7) is 11.2. The number of fused-ring (bicyclic) bond motifs is 1. The van der Waals surface area contributed by atoms with Gasteiger partial charge in [-0.3, -0.25) is 14.7 Å². The lowest BCUT2D eigenvalue weighted by atomic mass is 10.1. The first-order chi connectivity index (χ1) is 17.5. The minimum absolute atomic E-state index is 0.131. The van der Waals surface area contributed by atoms with Crippen LogP contribution in [0.3, 0.4) is 0 Å². The van der Waals surface area contributed by atoms with Gasteiger partial charge in [0.2, 0.25) is 0 Å². The van der Waals surface area contributed by atoms with E-state index in [2.05, 4.69) is 9.88 Å². The van der Waals surface area contributed by atoms with Gasteiger partial charge in [-0.05, 0) is 61.6 Å². The number of hydrogen-bond donors (Lipinski definition) is 3. The molecule has 0 atom stereocenters. The Morgan fingerprint density at radius 3 is 2.17 bits per heavy atom. The fourth-order valence-electron chi connectivity index (χ4n) is 3.70. The lowest BCUT2D eigenvalue weighted by molar-refractivity contribution is 0.0632. The highest BCUT2D eigenvalue weighted by Crippen LogP contribution is 2.30. The number of hydrogen-bond acceptors (Lipinski definition) is 6. The van der Waals surface area contributed by atoms with Crippen LogP contribution in [0, 0.1) is 5.92 Å². The van der Waals surface area contributed by atoms with Crippen molar-refractivity contribution in [3.05, 3.63) is 66.4 Å². The molecule has 2 aromatic carbocycles. The zero-order valence-electron chi connectivity index (χ0n) is 21.9. The number of para-hydroxylation sites is 1. The minimum Gasteiger partial charge on any atom is -0.506 e. The number of rotatable bonds is 4. The molecule has 1 amide bonds. The Labute approximate surface area is 215 Å². The van der Waals surface area contributed by atoms with Crippen LogP contribution in [0.5, 0.6) is 5.75 Å². The summed E-state index contributed by atoms with van der Waals surface area (Å²) in [6, 6.07) is 16.3. The van der Waals surface area contributed by atoms with Gasteiger partial charge in [-0.25, -0.2) is 0 Å². The molecule has 5 rings (SSSR count). The summed E-state index contributed by atoms with van der Waals surface area (Å²) in [6.07, 6.45) is 5.33. The number of aliphatic hydroxyl groups is 1. The monoisotopic (exact) mass is 494 g/mol. The normalized spacial score (nSPS) is 14.9. The zero-order chi connectivity index (χ0) is 26.3. The van der Waals surface area contributed by atoms with Crippen molar-refractivity contribution in [2.45, 2.75) is 40.0 Å². The molecule has 1 saturated carbocycles. The summed E-state index contributed by atoms with van der Waals surface area (Å²) in [4.78, 5) is 20.8. The first-order valence-corrected chi connectivity index (χ1v) is 13.0. The number of nitrogens with two attached hydrogens (primary N) is 1. The number of pyridine rings is 1. The molecular weight excluding hydrogens is 452 g/mol. The molecule has 0 bridgehead atoms. The molecule has 2 aliphatic rings. The largest absolute Gasteiger partial charge is 0.506 e. The van der Waals surface area contributed by atoms with Gasteiger partial charge in [0.1, 0.15) is 11.3 Å². The highest BCUT2D eigenvalue weighted by atomic mass is 16.3. The summed E-state index contributed by atoms with van der Waals surface area (Å²) < 4.78 is 0. The maximum absolute atomic E-state index is 12.3. The number of anilines is 1. The molecule has 0 radical (unpaired) electrons. The van der Waals surface area contributed by atoms with E-state index in [1.165, 1.54) is 19.4 Å². The second kappa shape index (κ2) is 15.8. The van der Waals surface area contributed by atoms with Crippen LogP contribution in [0.2, 0.25) is 0 Å². The van der Waals surface area contributed by atoms with Crippen molar-refractivity contribution in [1.82, 2.24) is 14.8 Å². The summed E-state index contributed by atoms with van der Waals surface area (Å²) in [5, 5.41) is 18.1. The van der Waals surface area contributed by atoms with Gasteiger partial charge in [0.05, 0.1) is 0 Å². The number of phenolic OH excluding ortho intramolecular Hbond substituents is 1. The molecule has 196 valence electrons. The Morgan fingerprint density at radius 1 is 1.00 bits per heavy atom. The molecule has 0 unspecified atom stereocenters. The van der Waals surface area contributed by atoms with E-state index in [4.69, 9.17) is 10.8 Å². The predicted octanol–water partition coefficient (Wildman–Crippen LogP) is 4.79. The fourth-order valence-corrected chi connectivity index (χ4v) is 3.70. The van der Waals surface area contributed by atoms with E-state index < -0.39 is 0 Å². The predicted molar refractivity (Wildman–Crippen MR) is 148 cm³/mol. The molecule has 2 fully saturated rings. The van der Waals surface area contributed by atoms with Crippen molar-refractivity contribution < 1.29 is 15.0 Å². The van der Waals surface area contributed by atoms with Crippen LogP contribution >= 0.6 is 0 Å². The van der Waals surface area contributed by atoms with Gasteiger partial charge in [0.25, 0.3) is 5.91 Å². The first-order valence-electron chi connectivity index (χ1n) is 13.0. The molecule has 1 aliphatic heterocycles. The number of aliphatic hydroxyl groups excluding tert-OH is 1. The molecule has 7 nitrogen and oxygen atoms in total. The average molecular weight is 495 g/mol. The molecule has 2 heterocycles. The van der Waals surface area contributed by atoms with Gasteiger partial charge >= 0.3 is 0 Å². The summed E-state index contributed by atoms with van der Waals surface area (Å²) in [5.74, 6) is 1.30. The number of nitrogens with zero attached hydrogens (tertiary/aromatic N) is 3. The quantitative estimate of drug-likeness (QED) is 0.451. The Morgan fingerprint density at radius 2 is 1.61 bits per heavy atom. The lowest BCUT2D eigenvalue weighted by Crippen LogP contribution is -2.49. The van der Waals surface area contributed by atoms with Crippen molar-refractivity contribution in [3.63, 3.8) is 0 Å². The van der Waals surface area contributed by atoms with Crippen molar-refractivity contribution in [3.8, 4) is 5.75 Å². The highest BCUT2D eigenvalue weighted by Gasteiger charge is 2.27. The van der Waals surface area contributed by atoms with Crippen LogP contribution in [0.25, 0.3) is 10.9 Å². The number of benzene rings is 2. The van der Waals surface area contributed by atoms with E-state index in [1.807, 2.05) is 56.0 Å². The number of aromatic hydroxyl groups is 1. The van der Waals surface area contributed by atoms with Crippen molar-refractivity contribution in [2.75, 3.05) is 45.1 Å². The van der Waals surface area contributed by atoms with E-state index in [9.17, 15) is 9.90 Å². The fraction of sp³-hybridized carbons (Fsp3) is 0.448. The second-order valence-corrected chi connectivity index (χ2v) is 8.73. The van der Waals surface area contributed by atoms with Crippen molar-refractivity contribution in [1.29, 1.82) is 0 Å². The number of amides is 1. The van der Waals surface area contributed by atoms with Crippen LogP contribution in [0.4, 0.5) is 5.69 Å². The van der Waals surface area contributed by atoms with Crippen LogP contribution in [0.15, 0.2) is 60.8 Å². The molecule has 3 aromatic rings.